The summed E-state index contributed by atoms with van der Waals surface area (Å²) in [7, 11) is 0. The van der Waals surface area contributed by atoms with Crippen molar-refractivity contribution in [2.75, 3.05) is 5.32 Å². The van der Waals surface area contributed by atoms with Crippen LogP contribution in [0.15, 0.2) is 40.9 Å². The Kier molecular flexibility index (Phi) is 4.49. The van der Waals surface area contributed by atoms with Crippen LogP contribution in [0.3, 0.4) is 0 Å². The molecule has 8 heteroatoms. The van der Waals surface area contributed by atoms with Gasteiger partial charge in [-0.05, 0) is 50.1 Å². The predicted octanol–water partition coefficient (Wildman–Crippen LogP) is 4.26. The van der Waals surface area contributed by atoms with E-state index in [9.17, 15) is 8.78 Å². The van der Waals surface area contributed by atoms with Crippen LogP contribution in [0.4, 0.5) is 14.6 Å². The van der Waals surface area contributed by atoms with E-state index in [1.54, 1.807) is 12.1 Å². The summed E-state index contributed by atoms with van der Waals surface area (Å²) in [4.78, 5) is 0. The van der Waals surface area contributed by atoms with Gasteiger partial charge in [0.15, 0.2) is 5.65 Å². The van der Waals surface area contributed by atoms with Gasteiger partial charge in [0.1, 0.15) is 5.82 Å². The fraction of sp³-hybridized carbons (Fsp3) is 0.312. The van der Waals surface area contributed by atoms with Crippen LogP contribution < -0.4 is 5.32 Å². The molecule has 0 unspecified atom stereocenters. The lowest BCUT2D eigenvalue weighted by molar-refractivity contribution is 0.137. The van der Waals surface area contributed by atoms with Crippen molar-refractivity contribution < 1.29 is 8.78 Å². The highest BCUT2D eigenvalue weighted by molar-refractivity contribution is 9.10. The van der Waals surface area contributed by atoms with Gasteiger partial charge in [0, 0.05) is 10.0 Å². The summed E-state index contributed by atoms with van der Waals surface area (Å²) in [5, 5.41) is 14.6. The first-order chi connectivity index (χ1) is 11.3. The van der Waals surface area contributed by atoms with E-state index in [0.29, 0.717) is 11.5 Å². The molecule has 0 fully saturated rings. The maximum atomic E-state index is 12.9. The predicted molar refractivity (Wildman–Crippen MR) is 91.3 cm³/mol. The van der Waals surface area contributed by atoms with Gasteiger partial charge in [-0.2, -0.15) is 4.52 Å². The summed E-state index contributed by atoms with van der Waals surface area (Å²) in [6.45, 7) is 4.06. The standard InChI is InChI=1S/C16H16BrF2N5/c1-16(2,9-10-4-3-5-11(17)8-10)20-12-6-7-13-21-22-15(14(18)19)24(13)23-12/h3-8,14H,9H2,1-2H3,(H,20,23). The van der Waals surface area contributed by atoms with Crippen molar-refractivity contribution in [3.05, 3.63) is 52.3 Å². The average molecular weight is 396 g/mol. The molecule has 2 aromatic heterocycles. The highest BCUT2D eigenvalue weighted by atomic mass is 79.9. The maximum Gasteiger partial charge on any atom is 0.299 e. The lowest BCUT2D eigenvalue weighted by Gasteiger charge is -2.27. The van der Waals surface area contributed by atoms with Crippen LogP contribution in [0.2, 0.25) is 0 Å². The summed E-state index contributed by atoms with van der Waals surface area (Å²) < 4.78 is 28.0. The summed E-state index contributed by atoms with van der Waals surface area (Å²) in [6.07, 6.45) is -1.98. The number of halogens is 3. The third-order valence-electron chi connectivity index (χ3n) is 3.48. The van der Waals surface area contributed by atoms with Crippen molar-refractivity contribution in [1.29, 1.82) is 0 Å². The zero-order chi connectivity index (χ0) is 17.3. The molecule has 126 valence electrons. The van der Waals surface area contributed by atoms with Crippen LogP contribution in [0, 0.1) is 0 Å². The van der Waals surface area contributed by atoms with E-state index in [0.717, 1.165) is 21.0 Å². The Hall–Kier alpha value is -2.09. The SMILES string of the molecule is CC(C)(Cc1cccc(Br)c1)Nc1ccc2nnc(C(F)F)n2n1. The smallest absolute Gasteiger partial charge is 0.299 e. The number of hydrogen-bond donors (Lipinski definition) is 1. The molecule has 3 rings (SSSR count). The molecule has 24 heavy (non-hydrogen) atoms. The molecule has 0 radical (unpaired) electrons. The molecule has 0 saturated carbocycles. The van der Waals surface area contributed by atoms with E-state index in [-0.39, 0.29) is 5.54 Å². The number of alkyl halides is 2. The summed E-state index contributed by atoms with van der Waals surface area (Å²) >= 11 is 3.46. The Morgan fingerprint density at radius 1 is 1.21 bits per heavy atom. The van der Waals surface area contributed by atoms with Gasteiger partial charge in [-0.15, -0.1) is 15.3 Å². The molecule has 1 aromatic carbocycles. The number of nitrogens with one attached hydrogen (secondary N) is 1. The zero-order valence-electron chi connectivity index (χ0n) is 13.2. The number of nitrogens with zero attached hydrogens (tertiary/aromatic N) is 4. The van der Waals surface area contributed by atoms with E-state index in [4.69, 9.17) is 0 Å². The van der Waals surface area contributed by atoms with Gasteiger partial charge in [0.25, 0.3) is 6.43 Å². The second kappa shape index (κ2) is 6.43. The fourth-order valence-corrected chi connectivity index (χ4v) is 3.00. The van der Waals surface area contributed by atoms with Crippen LogP contribution >= 0.6 is 15.9 Å². The lowest BCUT2D eigenvalue weighted by Crippen LogP contribution is -2.34. The minimum Gasteiger partial charge on any atom is -0.363 e. The Bertz CT molecular complexity index is 863. The van der Waals surface area contributed by atoms with E-state index in [2.05, 4.69) is 42.6 Å². The molecule has 0 aliphatic carbocycles. The van der Waals surface area contributed by atoms with Gasteiger partial charge in [-0.25, -0.2) is 8.78 Å². The second-order valence-corrected chi connectivity index (χ2v) is 7.08. The molecule has 0 spiro atoms. The van der Waals surface area contributed by atoms with E-state index in [1.165, 1.54) is 0 Å². The molecule has 3 aromatic rings. The normalized spacial score (nSPS) is 12.1. The number of anilines is 1. The minimum absolute atomic E-state index is 0.292. The van der Waals surface area contributed by atoms with E-state index < -0.39 is 12.2 Å². The molecule has 0 aliphatic rings. The third kappa shape index (κ3) is 3.69. The maximum absolute atomic E-state index is 12.9. The van der Waals surface area contributed by atoms with Crippen molar-refractivity contribution in [2.24, 2.45) is 0 Å². The highest BCUT2D eigenvalue weighted by Gasteiger charge is 2.21. The molecule has 2 heterocycles. The number of aromatic nitrogens is 4. The Morgan fingerprint density at radius 3 is 2.71 bits per heavy atom. The van der Waals surface area contributed by atoms with Crippen molar-refractivity contribution >= 4 is 27.4 Å². The molecule has 1 N–H and O–H groups in total. The first kappa shape index (κ1) is 16.8. The van der Waals surface area contributed by atoms with Crippen molar-refractivity contribution in [3.8, 4) is 0 Å². The van der Waals surface area contributed by atoms with Gasteiger partial charge in [0.05, 0.1) is 0 Å². The first-order valence-electron chi connectivity index (χ1n) is 7.37. The average Bonchev–Trinajstić information content (AvgIpc) is 2.89. The summed E-state index contributed by atoms with van der Waals surface area (Å²) in [5.41, 5.74) is 1.13. The van der Waals surface area contributed by atoms with Crippen molar-refractivity contribution in [3.63, 3.8) is 0 Å². The molecule has 5 nitrogen and oxygen atoms in total. The Labute approximate surface area is 146 Å². The lowest BCUT2D eigenvalue weighted by atomic mass is 9.95. The van der Waals surface area contributed by atoms with Crippen LogP contribution in [-0.2, 0) is 6.42 Å². The Morgan fingerprint density at radius 2 is 2.00 bits per heavy atom. The second-order valence-electron chi connectivity index (χ2n) is 6.16. The van der Waals surface area contributed by atoms with Gasteiger partial charge in [-0.3, -0.25) is 0 Å². The van der Waals surface area contributed by atoms with E-state index >= 15 is 0 Å². The van der Waals surface area contributed by atoms with Gasteiger partial charge in [-0.1, -0.05) is 28.1 Å². The number of fused-ring (bicyclic) bond motifs is 1. The van der Waals surface area contributed by atoms with Crippen molar-refractivity contribution in [1.82, 2.24) is 19.8 Å². The van der Waals surface area contributed by atoms with Crippen LogP contribution in [0.25, 0.3) is 5.65 Å². The first-order valence-corrected chi connectivity index (χ1v) is 8.16. The Balaban J connectivity index is 1.83. The fourth-order valence-electron chi connectivity index (χ4n) is 2.56. The summed E-state index contributed by atoms with van der Waals surface area (Å²) in [5.74, 6) is 0.0302. The summed E-state index contributed by atoms with van der Waals surface area (Å²) in [6, 6.07) is 11.4. The molecule has 0 amide bonds. The molecule has 0 atom stereocenters. The number of hydrogen-bond acceptors (Lipinski definition) is 4. The third-order valence-corrected chi connectivity index (χ3v) is 3.98. The number of rotatable bonds is 5. The van der Waals surface area contributed by atoms with Crippen LogP contribution in [-0.4, -0.2) is 25.4 Å². The quantitative estimate of drug-likeness (QED) is 0.701. The topological polar surface area (TPSA) is 55.1 Å². The van der Waals surface area contributed by atoms with Crippen LogP contribution in [0.1, 0.15) is 31.7 Å². The van der Waals surface area contributed by atoms with Crippen molar-refractivity contribution in [2.45, 2.75) is 32.2 Å². The molecule has 0 saturated heterocycles. The number of benzene rings is 1. The minimum atomic E-state index is -2.72. The van der Waals surface area contributed by atoms with Gasteiger partial charge >= 0.3 is 0 Å². The van der Waals surface area contributed by atoms with Gasteiger partial charge in [0.2, 0.25) is 5.82 Å². The van der Waals surface area contributed by atoms with Gasteiger partial charge < -0.3 is 5.32 Å². The molecule has 0 aliphatic heterocycles. The molecular formula is C16H16BrF2N5. The van der Waals surface area contributed by atoms with Crippen LogP contribution in [0.5, 0.6) is 0 Å². The molecular weight excluding hydrogens is 380 g/mol. The highest BCUT2D eigenvalue weighted by Crippen LogP contribution is 2.22. The van der Waals surface area contributed by atoms with E-state index in [1.807, 2.05) is 32.0 Å². The molecule has 0 bridgehead atoms. The zero-order valence-corrected chi connectivity index (χ0v) is 14.8. The monoisotopic (exact) mass is 395 g/mol. The largest absolute Gasteiger partial charge is 0.363 e.